The zero-order valence-corrected chi connectivity index (χ0v) is 20.8. The standard InChI is InChI=1S/C26H30N2O7S/c1-36(33,34)28-13-11-19(12-14-28)35-20-8-10-24(29)22(16-20)25(30)27-23-15-18(7-9-21(23)26(31)32)17-5-3-2-4-6-17/h2-10,19-20,23,29H,11-16H2,1H3,(H,27,30)(H,31,32). The predicted octanol–water partition coefficient (Wildman–Crippen LogP) is 2.55. The van der Waals surface area contributed by atoms with Crippen LogP contribution in [0.15, 0.2) is 71.5 Å². The SMILES string of the molecule is CS(=O)(=O)N1CCC(OC2C=CC(O)=C(C(=O)NC3CC(c4ccccc4)=CC=C3C(=O)O)C2)CC1. The molecule has 0 spiro atoms. The summed E-state index contributed by atoms with van der Waals surface area (Å²) < 4.78 is 31.0. The van der Waals surface area contributed by atoms with Gasteiger partial charge in [0.2, 0.25) is 10.0 Å². The minimum Gasteiger partial charge on any atom is -0.507 e. The molecule has 10 heteroatoms. The second-order valence-electron chi connectivity index (χ2n) is 9.18. The number of hydrogen-bond acceptors (Lipinski definition) is 6. The van der Waals surface area contributed by atoms with Crippen LogP contribution in [0.3, 0.4) is 0 Å². The fourth-order valence-corrected chi connectivity index (χ4v) is 5.56. The summed E-state index contributed by atoms with van der Waals surface area (Å²) >= 11 is 0. The molecule has 0 bridgehead atoms. The van der Waals surface area contributed by atoms with Crippen LogP contribution >= 0.6 is 0 Å². The highest BCUT2D eigenvalue weighted by Crippen LogP contribution is 2.29. The Morgan fingerprint density at radius 1 is 1.08 bits per heavy atom. The van der Waals surface area contributed by atoms with E-state index in [2.05, 4.69) is 5.32 Å². The molecule has 3 aliphatic rings. The molecule has 9 nitrogen and oxygen atoms in total. The summed E-state index contributed by atoms with van der Waals surface area (Å²) in [4.78, 5) is 25.0. The molecule has 1 aliphatic heterocycles. The number of sulfonamides is 1. The fraction of sp³-hybridized carbons (Fsp3) is 0.385. The van der Waals surface area contributed by atoms with Gasteiger partial charge in [0.1, 0.15) is 5.76 Å². The smallest absolute Gasteiger partial charge is 0.333 e. The van der Waals surface area contributed by atoms with Crippen molar-refractivity contribution in [1.82, 2.24) is 9.62 Å². The quantitative estimate of drug-likeness (QED) is 0.509. The number of hydrogen-bond donors (Lipinski definition) is 3. The largest absolute Gasteiger partial charge is 0.507 e. The third-order valence-corrected chi connectivity index (χ3v) is 7.96. The first-order valence-corrected chi connectivity index (χ1v) is 13.7. The maximum atomic E-state index is 13.1. The van der Waals surface area contributed by atoms with Crippen LogP contribution < -0.4 is 5.32 Å². The Hall–Kier alpha value is -3.21. The summed E-state index contributed by atoms with van der Waals surface area (Å²) in [5.74, 6) is -1.86. The summed E-state index contributed by atoms with van der Waals surface area (Å²) in [5.41, 5.74) is 2.03. The average molecular weight is 515 g/mol. The van der Waals surface area contributed by atoms with E-state index in [4.69, 9.17) is 4.74 Å². The fourth-order valence-electron chi connectivity index (χ4n) is 4.69. The Kier molecular flexibility index (Phi) is 7.77. The van der Waals surface area contributed by atoms with Gasteiger partial charge in [-0.3, -0.25) is 4.79 Å². The van der Waals surface area contributed by atoms with Crippen LogP contribution in [0.4, 0.5) is 0 Å². The predicted molar refractivity (Wildman–Crippen MR) is 134 cm³/mol. The molecule has 4 rings (SSSR count). The lowest BCUT2D eigenvalue weighted by atomic mass is 9.88. The van der Waals surface area contributed by atoms with Gasteiger partial charge in [-0.2, -0.15) is 0 Å². The molecule has 0 radical (unpaired) electrons. The highest BCUT2D eigenvalue weighted by atomic mass is 32.2. The number of aliphatic carboxylic acids is 1. The lowest BCUT2D eigenvalue weighted by Gasteiger charge is -2.33. The summed E-state index contributed by atoms with van der Waals surface area (Å²) in [6.45, 7) is 0.745. The minimum absolute atomic E-state index is 0.0694. The average Bonchev–Trinajstić information content (AvgIpc) is 2.85. The van der Waals surface area contributed by atoms with Crippen molar-refractivity contribution >= 4 is 27.5 Å². The van der Waals surface area contributed by atoms with Crippen molar-refractivity contribution < 1.29 is 33.0 Å². The molecule has 1 fully saturated rings. The third-order valence-electron chi connectivity index (χ3n) is 6.65. The molecule has 1 aromatic carbocycles. The van der Waals surface area contributed by atoms with Gasteiger partial charge in [-0.1, -0.05) is 42.5 Å². The second kappa shape index (κ2) is 10.8. The van der Waals surface area contributed by atoms with Crippen molar-refractivity contribution in [2.45, 2.75) is 43.9 Å². The zero-order valence-electron chi connectivity index (χ0n) is 20.0. The Morgan fingerprint density at radius 2 is 1.78 bits per heavy atom. The summed E-state index contributed by atoms with van der Waals surface area (Å²) in [5, 5.41) is 22.8. The van der Waals surface area contributed by atoms with Crippen molar-refractivity contribution in [2.24, 2.45) is 0 Å². The number of rotatable bonds is 7. The van der Waals surface area contributed by atoms with E-state index in [0.29, 0.717) is 32.4 Å². The molecule has 2 atom stereocenters. The Balaban J connectivity index is 1.40. The van der Waals surface area contributed by atoms with Gasteiger partial charge in [0.05, 0.1) is 35.7 Å². The van der Waals surface area contributed by atoms with Crippen LogP contribution in [0.5, 0.6) is 0 Å². The number of aliphatic hydroxyl groups is 1. The van der Waals surface area contributed by atoms with Crippen molar-refractivity contribution in [3.05, 3.63) is 77.1 Å². The topological polar surface area (TPSA) is 133 Å². The minimum atomic E-state index is -3.24. The van der Waals surface area contributed by atoms with Gasteiger partial charge in [-0.05, 0) is 42.6 Å². The molecule has 2 aliphatic carbocycles. The molecule has 192 valence electrons. The first-order chi connectivity index (χ1) is 17.1. The van der Waals surface area contributed by atoms with E-state index in [9.17, 15) is 28.2 Å². The number of ether oxygens (including phenoxy) is 1. The normalized spacial score (nSPS) is 23.7. The second-order valence-corrected chi connectivity index (χ2v) is 11.2. The number of carboxylic acids is 1. The summed E-state index contributed by atoms with van der Waals surface area (Å²) in [6, 6.07) is 8.76. The van der Waals surface area contributed by atoms with Crippen molar-refractivity contribution in [3.8, 4) is 0 Å². The molecule has 1 heterocycles. The van der Waals surface area contributed by atoms with E-state index in [1.54, 1.807) is 12.2 Å². The van der Waals surface area contributed by atoms with Gasteiger partial charge < -0.3 is 20.3 Å². The molecule has 0 saturated carbocycles. The maximum absolute atomic E-state index is 13.1. The van der Waals surface area contributed by atoms with Crippen LogP contribution in [-0.2, 0) is 24.3 Å². The lowest BCUT2D eigenvalue weighted by molar-refractivity contribution is -0.133. The van der Waals surface area contributed by atoms with Crippen LogP contribution in [0, 0.1) is 0 Å². The number of amides is 1. The van der Waals surface area contributed by atoms with Gasteiger partial charge in [0.15, 0.2) is 0 Å². The molecule has 1 saturated heterocycles. The first kappa shape index (κ1) is 25.9. The van der Waals surface area contributed by atoms with Crippen LogP contribution in [0.25, 0.3) is 5.57 Å². The highest BCUT2D eigenvalue weighted by molar-refractivity contribution is 7.88. The van der Waals surface area contributed by atoms with Crippen molar-refractivity contribution in [1.29, 1.82) is 0 Å². The molecule has 2 unspecified atom stereocenters. The number of allylic oxidation sites excluding steroid dienone is 3. The Morgan fingerprint density at radius 3 is 2.42 bits per heavy atom. The highest BCUT2D eigenvalue weighted by Gasteiger charge is 2.32. The first-order valence-electron chi connectivity index (χ1n) is 11.8. The van der Waals surface area contributed by atoms with Gasteiger partial charge in [-0.25, -0.2) is 17.5 Å². The van der Waals surface area contributed by atoms with Gasteiger partial charge in [0.25, 0.3) is 5.91 Å². The molecular formula is C26H30N2O7S. The molecule has 0 aromatic heterocycles. The number of piperidine rings is 1. The maximum Gasteiger partial charge on any atom is 0.333 e. The van der Waals surface area contributed by atoms with Gasteiger partial charge in [-0.15, -0.1) is 0 Å². The van der Waals surface area contributed by atoms with E-state index in [1.807, 2.05) is 30.3 Å². The Labute approximate surface area is 210 Å². The molecular weight excluding hydrogens is 484 g/mol. The van der Waals surface area contributed by atoms with E-state index in [1.165, 1.54) is 22.7 Å². The van der Waals surface area contributed by atoms with Gasteiger partial charge >= 0.3 is 5.97 Å². The molecule has 36 heavy (non-hydrogen) atoms. The third kappa shape index (κ3) is 6.13. The van der Waals surface area contributed by atoms with Crippen molar-refractivity contribution in [2.75, 3.05) is 19.3 Å². The number of carbonyl (C=O) groups is 2. The van der Waals surface area contributed by atoms with E-state index in [0.717, 1.165) is 11.1 Å². The number of carboxylic acid groups (broad SMARTS) is 1. The molecule has 3 N–H and O–H groups in total. The lowest BCUT2D eigenvalue weighted by Crippen LogP contribution is -2.42. The summed E-state index contributed by atoms with van der Waals surface area (Å²) in [7, 11) is -3.24. The monoisotopic (exact) mass is 514 g/mol. The molecule has 1 aromatic rings. The zero-order chi connectivity index (χ0) is 25.9. The molecule has 1 amide bonds. The summed E-state index contributed by atoms with van der Waals surface area (Å²) in [6.07, 6.45) is 8.41. The number of nitrogens with zero attached hydrogens (tertiary/aromatic N) is 1. The Bertz CT molecular complexity index is 1240. The van der Waals surface area contributed by atoms with Crippen LogP contribution in [0.1, 0.15) is 31.2 Å². The van der Waals surface area contributed by atoms with Crippen molar-refractivity contribution in [3.63, 3.8) is 0 Å². The van der Waals surface area contributed by atoms with E-state index >= 15 is 0 Å². The number of nitrogens with one attached hydrogen (secondary N) is 1. The van der Waals surface area contributed by atoms with Gasteiger partial charge in [0, 0.05) is 19.5 Å². The van der Waals surface area contributed by atoms with E-state index < -0.39 is 34.0 Å². The van der Waals surface area contributed by atoms with E-state index in [-0.39, 0.29) is 29.4 Å². The van der Waals surface area contributed by atoms with Crippen LogP contribution in [-0.4, -0.2) is 72.4 Å². The number of benzene rings is 1. The number of aliphatic hydroxyl groups excluding tert-OH is 1. The number of carbonyl (C=O) groups excluding carboxylic acids is 1. The van der Waals surface area contributed by atoms with Crippen LogP contribution in [0.2, 0.25) is 0 Å².